The lowest BCUT2D eigenvalue weighted by Gasteiger charge is -2.32. The lowest BCUT2D eigenvalue weighted by molar-refractivity contribution is -0.128. The van der Waals surface area contributed by atoms with Gasteiger partial charge in [0.2, 0.25) is 5.91 Å². The Morgan fingerprint density at radius 2 is 2.24 bits per heavy atom. The van der Waals surface area contributed by atoms with Crippen LogP contribution < -0.4 is 9.64 Å². The van der Waals surface area contributed by atoms with E-state index < -0.39 is 0 Å². The number of likely N-dealkylation sites (tertiary alicyclic amines) is 1. The zero-order valence-corrected chi connectivity index (χ0v) is 14.5. The molecule has 7 nitrogen and oxygen atoms in total. The number of rotatable bonds is 5. The smallest absolute Gasteiger partial charge is 0.257 e. The summed E-state index contributed by atoms with van der Waals surface area (Å²) in [5.74, 6) is 1.80. The number of nitrogens with zero attached hydrogens (tertiary/aromatic N) is 4. The first-order chi connectivity index (χ1) is 12.1. The van der Waals surface area contributed by atoms with Crippen molar-refractivity contribution in [1.82, 2.24) is 14.9 Å². The summed E-state index contributed by atoms with van der Waals surface area (Å²) in [6, 6.07) is 3.60. The molecule has 0 unspecified atom stereocenters. The molecule has 2 aromatic heterocycles. The Bertz CT molecular complexity index is 728. The maximum Gasteiger partial charge on any atom is 0.257 e. The maximum atomic E-state index is 12.4. The Morgan fingerprint density at radius 3 is 3.00 bits per heavy atom. The molecule has 3 rings (SSSR count). The predicted molar refractivity (Wildman–Crippen MR) is 94.3 cm³/mol. The van der Waals surface area contributed by atoms with Crippen LogP contribution in [0.5, 0.6) is 5.88 Å². The first kappa shape index (κ1) is 17.0. The van der Waals surface area contributed by atoms with E-state index in [1.54, 1.807) is 35.7 Å². The molecule has 0 aromatic carbocycles. The third kappa shape index (κ3) is 4.37. The SMILES string of the molecule is CN(C)c1nccnc1O[C@H]1CCCN(C(=O)/C=C/c2ccco2)C1. The minimum absolute atomic E-state index is 0.0447. The highest BCUT2D eigenvalue weighted by molar-refractivity contribution is 5.91. The van der Waals surface area contributed by atoms with Crippen molar-refractivity contribution in [3.8, 4) is 5.88 Å². The Balaban J connectivity index is 1.62. The summed E-state index contributed by atoms with van der Waals surface area (Å²) in [7, 11) is 3.79. The molecule has 2 aromatic rings. The van der Waals surface area contributed by atoms with Crippen LogP contribution >= 0.6 is 0 Å². The predicted octanol–water partition coefficient (Wildman–Crippen LogP) is 2.22. The fourth-order valence-electron chi connectivity index (χ4n) is 2.75. The Hall–Kier alpha value is -2.83. The van der Waals surface area contributed by atoms with Crippen LogP contribution in [0.4, 0.5) is 5.82 Å². The van der Waals surface area contributed by atoms with E-state index in [1.165, 1.54) is 6.08 Å². The molecule has 0 bridgehead atoms. The quantitative estimate of drug-likeness (QED) is 0.776. The van der Waals surface area contributed by atoms with E-state index in [0.29, 0.717) is 24.0 Å². The van der Waals surface area contributed by atoms with Crippen molar-refractivity contribution in [2.75, 3.05) is 32.1 Å². The molecule has 3 heterocycles. The lowest BCUT2D eigenvalue weighted by atomic mass is 10.1. The van der Waals surface area contributed by atoms with E-state index in [0.717, 1.165) is 19.4 Å². The van der Waals surface area contributed by atoms with Gasteiger partial charge in [0.15, 0.2) is 5.82 Å². The summed E-state index contributed by atoms with van der Waals surface area (Å²) in [6.07, 6.45) is 9.73. The van der Waals surface area contributed by atoms with Crippen molar-refractivity contribution in [2.45, 2.75) is 18.9 Å². The second-order valence-electron chi connectivity index (χ2n) is 6.09. The second-order valence-corrected chi connectivity index (χ2v) is 6.09. The molecule has 0 radical (unpaired) electrons. The highest BCUT2D eigenvalue weighted by atomic mass is 16.5. The number of carbonyl (C=O) groups is 1. The molecule has 0 aliphatic carbocycles. The fourth-order valence-corrected chi connectivity index (χ4v) is 2.75. The highest BCUT2D eigenvalue weighted by Gasteiger charge is 2.25. The maximum absolute atomic E-state index is 12.4. The number of aromatic nitrogens is 2. The molecule has 1 aliphatic rings. The van der Waals surface area contributed by atoms with E-state index in [-0.39, 0.29) is 12.0 Å². The minimum Gasteiger partial charge on any atom is -0.470 e. The Morgan fingerprint density at radius 1 is 1.40 bits per heavy atom. The van der Waals surface area contributed by atoms with Crippen LogP contribution in [0.2, 0.25) is 0 Å². The van der Waals surface area contributed by atoms with E-state index >= 15 is 0 Å². The first-order valence-corrected chi connectivity index (χ1v) is 8.29. The average Bonchev–Trinajstić information content (AvgIpc) is 3.14. The van der Waals surface area contributed by atoms with Crippen molar-refractivity contribution >= 4 is 17.8 Å². The van der Waals surface area contributed by atoms with Crippen LogP contribution in [0, 0.1) is 0 Å². The van der Waals surface area contributed by atoms with Gasteiger partial charge in [-0.2, -0.15) is 0 Å². The zero-order chi connectivity index (χ0) is 17.6. The number of ether oxygens (including phenoxy) is 1. The standard InChI is InChI=1S/C18H22N4O3/c1-21(2)17-18(20-10-9-19-17)25-15-5-3-11-22(13-15)16(23)8-7-14-6-4-12-24-14/h4,6-10,12,15H,3,5,11,13H2,1-2H3/b8-7+/t15-/m0/s1. The van der Waals surface area contributed by atoms with Crippen molar-refractivity contribution in [1.29, 1.82) is 0 Å². The van der Waals surface area contributed by atoms with Crippen LogP contribution in [0.3, 0.4) is 0 Å². The number of piperidine rings is 1. The monoisotopic (exact) mass is 342 g/mol. The van der Waals surface area contributed by atoms with Crippen molar-refractivity contribution in [3.05, 3.63) is 42.6 Å². The van der Waals surface area contributed by atoms with Gasteiger partial charge in [-0.25, -0.2) is 9.97 Å². The van der Waals surface area contributed by atoms with Gasteiger partial charge in [-0.1, -0.05) is 0 Å². The minimum atomic E-state index is -0.0925. The van der Waals surface area contributed by atoms with Crippen LogP contribution in [-0.2, 0) is 4.79 Å². The van der Waals surface area contributed by atoms with Gasteiger partial charge in [0.25, 0.3) is 5.88 Å². The Kier molecular flexibility index (Phi) is 5.33. The molecule has 1 saturated heterocycles. The van der Waals surface area contributed by atoms with E-state index in [2.05, 4.69) is 9.97 Å². The number of hydrogen-bond acceptors (Lipinski definition) is 6. The summed E-state index contributed by atoms with van der Waals surface area (Å²) < 4.78 is 11.2. The van der Waals surface area contributed by atoms with Gasteiger partial charge in [0.1, 0.15) is 11.9 Å². The van der Waals surface area contributed by atoms with E-state index in [4.69, 9.17) is 9.15 Å². The van der Waals surface area contributed by atoms with Gasteiger partial charge in [0, 0.05) is 39.1 Å². The molecule has 1 aliphatic heterocycles. The second kappa shape index (κ2) is 7.83. The number of hydrogen-bond donors (Lipinski definition) is 0. The van der Waals surface area contributed by atoms with Crippen LogP contribution in [-0.4, -0.2) is 54.1 Å². The topological polar surface area (TPSA) is 71.7 Å². The number of furan rings is 1. The molecule has 132 valence electrons. The van der Waals surface area contributed by atoms with Gasteiger partial charge in [-0.15, -0.1) is 0 Å². The summed E-state index contributed by atoms with van der Waals surface area (Å²) >= 11 is 0. The third-order valence-corrected chi connectivity index (χ3v) is 3.97. The van der Waals surface area contributed by atoms with E-state index in [1.807, 2.05) is 25.1 Å². The third-order valence-electron chi connectivity index (χ3n) is 3.97. The average molecular weight is 342 g/mol. The van der Waals surface area contributed by atoms with Crippen molar-refractivity contribution in [2.24, 2.45) is 0 Å². The summed E-state index contributed by atoms with van der Waals surface area (Å²) in [5.41, 5.74) is 0. The summed E-state index contributed by atoms with van der Waals surface area (Å²) in [6.45, 7) is 1.26. The molecule has 0 N–H and O–H groups in total. The van der Waals surface area contributed by atoms with Crippen LogP contribution in [0.1, 0.15) is 18.6 Å². The molecular weight excluding hydrogens is 320 g/mol. The van der Waals surface area contributed by atoms with Crippen molar-refractivity contribution < 1.29 is 13.9 Å². The molecule has 25 heavy (non-hydrogen) atoms. The first-order valence-electron chi connectivity index (χ1n) is 8.29. The van der Waals surface area contributed by atoms with Gasteiger partial charge >= 0.3 is 0 Å². The highest BCUT2D eigenvalue weighted by Crippen LogP contribution is 2.24. The number of amides is 1. The molecule has 0 spiro atoms. The van der Waals surface area contributed by atoms with Gasteiger partial charge in [-0.05, 0) is 31.1 Å². The summed E-state index contributed by atoms with van der Waals surface area (Å²) in [5, 5.41) is 0. The van der Waals surface area contributed by atoms with Gasteiger partial charge in [-0.3, -0.25) is 4.79 Å². The molecule has 1 amide bonds. The molecule has 1 fully saturated rings. The normalized spacial score (nSPS) is 17.7. The van der Waals surface area contributed by atoms with Gasteiger partial charge in [0.05, 0.1) is 12.8 Å². The van der Waals surface area contributed by atoms with Gasteiger partial charge < -0.3 is 19.0 Å². The number of carbonyl (C=O) groups excluding carboxylic acids is 1. The molecule has 7 heteroatoms. The molecule has 1 atom stereocenters. The fraction of sp³-hybridized carbons (Fsp3) is 0.389. The van der Waals surface area contributed by atoms with Crippen LogP contribution in [0.25, 0.3) is 6.08 Å². The van der Waals surface area contributed by atoms with E-state index in [9.17, 15) is 4.79 Å². The lowest BCUT2D eigenvalue weighted by Crippen LogP contribution is -2.44. The zero-order valence-electron chi connectivity index (χ0n) is 14.5. The van der Waals surface area contributed by atoms with Crippen molar-refractivity contribution in [3.63, 3.8) is 0 Å². The molecule has 0 saturated carbocycles. The molecular formula is C18H22N4O3. The largest absolute Gasteiger partial charge is 0.470 e. The van der Waals surface area contributed by atoms with Crippen LogP contribution in [0.15, 0.2) is 41.3 Å². The number of anilines is 1. The Labute approximate surface area is 146 Å². The summed E-state index contributed by atoms with van der Waals surface area (Å²) in [4.78, 5) is 24.6.